The van der Waals surface area contributed by atoms with Gasteiger partial charge in [-0.3, -0.25) is 9.59 Å². The Morgan fingerprint density at radius 2 is 1.71 bits per heavy atom. The number of thiophene rings is 1. The molecular weight excluding hydrogens is 421 g/mol. The van der Waals surface area contributed by atoms with Crippen LogP contribution in [0.15, 0.2) is 36.4 Å². The van der Waals surface area contributed by atoms with Crippen LogP contribution in [0.4, 0.5) is 9.39 Å². The van der Waals surface area contributed by atoms with Crippen molar-refractivity contribution < 1.29 is 28.6 Å². The molecule has 6 nitrogen and oxygen atoms in total. The molecule has 0 unspecified atom stereocenters. The molecule has 5 rings (SSSR count). The molecule has 1 aromatic heterocycles. The number of carbonyl (C=O) groups is 3. The number of amides is 1. The summed E-state index contributed by atoms with van der Waals surface area (Å²) in [6.45, 7) is 1.80. The molecule has 1 saturated carbocycles. The molecule has 1 heterocycles. The van der Waals surface area contributed by atoms with E-state index in [9.17, 15) is 23.9 Å². The molecule has 2 bridgehead atoms. The van der Waals surface area contributed by atoms with Crippen molar-refractivity contribution in [3.8, 4) is 11.1 Å². The Morgan fingerprint density at radius 3 is 2.26 bits per heavy atom. The molecule has 2 N–H and O–H groups in total. The minimum atomic E-state index is -0.984. The minimum absolute atomic E-state index is 0.148. The van der Waals surface area contributed by atoms with E-state index in [-0.39, 0.29) is 17.4 Å². The van der Waals surface area contributed by atoms with Gasteiger partial charge in [0.05, 0.1) is 18.9 Å². The van der Waals surface area contributed by atoms with E-state index in [1.54, 1.807) is 19.1 Å². The average Bonchev–Trinajstić information content (AvgIpc) is 3.09. The highest BCUT2D eigenvalue weighted by molar-refractivity contribution is 7.17. The van der Waals surface area contributed by atoms with Gasteiger partial charge in [-0.05, 0) is 49.3 Å². The summed E-state index contributed by atoms with van der Waals surface area (Å²) in [6.07, 6.45) is 5.35. The molecule has 8 heteroatoms. The zero-order chi connectivity index (χ0) is 22.3. The Balaban J connectivity index is 1.71. The van der Waals surface area contributed by atoms with Crippen molar-refractivity contribution in [2.45, 2.75) is 19.8 Å². The van der Waals surface area contributed by atoms with Crippen molar-refractivity contribution in [3.63, 3.8) is 0 Å². The topological polar surface area (TPSA) is 92.7 Å². The first kappa shape index (κ1) is 21.2. The fourth-order valence-corrected chi connectivity index (χ4v) is 5.84. The van der Waals surface area contributed by atoms with Crippen LogP contribution in [0.3, 0.4) is 0 Å². The van der Waals surface area contributed by atoms with Gasteiger partial charge in [-0.15, -0.1) is 11.3 Å². The molecule has 3 aliphatic carbocycles. The molecule has 1 fully saturated rings. The van der Waals surface area contributed by atoms with Crippen molar-refractivity contribution in [1.29, 1.82) is 0 Å². The SMILES string of the molecule is COC(=O)c1c(NC(=O)[C@@H]2[C@H](C(=O)O)[C@H]3C=C[C@H]2CC3)sc(C)c1-c1ccc(F)cc1. The number of hydrogen-bond acceptors (Lipinski definition) is 5. The zero-order valence-corrected chi connectivity index (χ0v) is 17.9. The first-order chi connectivity index (χ1) is 14.8. The number of aryl methyl sites for hydroxylation is 1. The molecule has 0 saturated heterocycles. The molecule has 3 aliphatic rings. The lowest BCUT2D eigenvalue weighted by Crippen LogP contribution is -2.47. The van der Waals surface area contributed by atoms with E-state index in [0.29, 0.717) is 16.1 Å². The van der Waals surface area contributed by atoms with Crippen LogP contribution in [0.1, 0.15) is 28.1 Å². The van der Waals surface area contributed by atoms with Crippen LogP contribution in [-0.2, 0) is 14.3 Å². The second-order valence-corrected chi connectivity index (χ2v) is 9.13. The summed E-state index contributed by atoms with van der Waals surface area (Å²) in [7, 11) is 1.25. The Hall–Kier alpha value is -3.00. The first-order valence-corrected chi connectivity index (χ1v) is 10.8. The lowest BCUT2D eigenvalue weighted by Gasteiger charge is -2.41. The number of methoxy groups -OCH3 is 1. The predicted octanol–water partition coefficient (Wildman–Crippen LogP) is 4.50. The molecule has 2 aromatic rings. The largest absolute Gasteiger partial charge is 0.481 e. The maximum absolute atomic E-state index is 13.4. The van der Waals surface area contributed by atoms with Gasteiger partial charge in [0.15, 0.2) is 0 Å². The number of carboxylic acid groups (broad SMARTS) is 1. The van der Waals surface area contributed by atoms with Crippen LogP contribution >= 0.6 is 11.3 Å². The smallest absolute Gasteiger partial charge is 0.341 e. The number of aliphatic carboxylic acids is 1. The molecule has 162 valence electrons. The van der Waals surface area contributed by atoms with Gasteiger partial charge in [-0.1, -0.05) is 24.3 Å². The van der Waals surface area contributed by atoms with Crippen LogP contribution in [-0.4, -0.2) is 30.1 Å². The second-order valence-electron chi connectivity index (χ2n) is 7.90. The highest BCUT2D eigenvalue weighted by Crippen LogP contribution is 2.46. The van der Waals surface area contributed by atoms with Crippen LogP contribution in [0.2, 0.25) is 0 Å². The van der Waals surface area contributed by atoms with Crippen molar-refractivity contribution in [3.05, 3.63) is 52.7 Å². The van der Waals surface area contributed by atoms with Crippen molar-refractivity contribution in [2.24, 2.45) is 23.7 Å². The summed E-state index contributed by atoms with van der Waals surface area (Å²) in [5, 5.41) is 12.9. The summed E-state index contributed by atoms with van der Waals surface area (Å²) < 4.78 is 18.3. The van der Waals surface area contributed by atoms with Crippen molar-refractivity contribution >= 4 is 34.2 Å². The number of rotatable bonds is 5. The number of anilines is 1. The molecule has 0 radical (unpaired) electrons. The number of esters is 1. The summed E-state index contributed by atoms with van der Waals surface area (Å²) in [5.74, 6) is -4.23. The average molecular weight is 443 g/mol. The summed E-state index contributed by atoms with van der Waals surface area (Å²) in [6, 6.07) is 5.73. The van der Waals surface area contributed by atoms with E-state index in [2.05, 4.69) is 5.32 Å². The van der Waals surface area contributed by atoms with Crippen molar-refractivity contribution in [2.75, 3.05) is 12.4 Å². The Bertz CT molecular complexity index is 1070. The van der Waals surface area contributed by atoms with E-state index in [1.165, 1.54) is 30.6 Å². The summed E-state index contributed by atoms with van der Waals surface area (Å²) in [4.78, 5) is 38.5. The number of hydrogen-bond donors (Lipinski definition) is 2. The van der Waals surface area contributed by atoms with Crippen LogP contribution in [0.5, 0.6) is 0 Å². The van der Waals surface area contributed by atoms with Crippen LogP contribution < -0.4 is 5.32 Å². The van der Waals surface area contributed by atoms with E-state index < -0.39 is 35.5 Å². The maximum atomic E-state index is 13.4. The van der Waals surface area contributed by atoms with Gasteiger partial charge in [-0.25, -0.2) is 9.18 Å². The third kappa shape index (κ3) is 3.76. The second kappa shape index (κ2) is 8.26. The molecule has 0 spiro atoms. The summed E-state index contributed by atoms with van der Waals surface area (Å²) >= 11 is 1.21. The number of ether oxygens (including phenoxy) is 1. The lowest BCUT2D eigenvalue weighted by atomic mass is 9.62. The number of carbonyl (C=O) groups excluding carboxylic acids is 2. The van der Waals surface area contributed by atoms with E-state index in [1.807, 2.05) is 12.2 Å². The fraction of sp³-hybridized carbons (Fsp3) is 0.348. The third-order valence-corrected chi connectivity index (χ3v) is 7.20. The van der Waals surface area contributed by atoms with Gasteiger partial charge in [0.25, 0.3) is 0 Å². The minimum Gasteiger partial charge on any atom is -0.481 e. The third-order valence-electron chi connectivity index (χ3n) is 6.18. The molecule has 1 aromatic carbocycles. The Kier molecular flexibility index (Phi) is 5.66. The van der Waals surface area contributed by atoms with E-state index in [4.69, 9.17) is 4.74 Å². The van der Waals surface area contributed by atoms with E-state index >= 15 is 0 Å². The number of benzene rings is 1. The highest BCUT2D eigenvalue weighted by Gasteiger charge is 2.48. The summed E-state index contributed by atoms with van der Waals surface area (Å²) in [5.41, 5.74) is 1.37. The van der Waals surface area contributed by atoms with Gasteiger partial charge >= 0.3 is 11.9 Å². The van der Waals surface area contributed by atoms with Gasteiger partial charge in [-0.2, -0.15) is 0 Å². The maximum Gasteiger partial charge on any atom is 0.341 e. The van der Waals surface area contributed by atoms with Crippen LogP contribution in [0.25, 0.3) is 11.1 Å². The van der Waals surface area contributed by atoms with Gasteiger partial charge in [0, 0.05) is 10.4 Å². The molecule has 4 atom stereocenters. The quantitative estimate of drug-likeness (QED) is 0.524. The van der Waals surface area contributed by atoms with Gasteiger partial charge in [0.2, 0.25) is 5.91 Å². The molecule has 0 aliphatic heterocycles. The zero-order valence-electron chi connectivity index (χ0n) is 17.1. The monoisotopic (exact) mass is 443 g/mol. The van der Waals surface area contributed by atoms with Crippen molar-refractivity contribution in [1.82, 2.24) is 0 Å². The van der Waals surface area contributed by atoms with Gasteiger partial charge < -0.3 is 15.2 Å². The standard InChI is InChI=1S/C23H22FNO5S/c1-11-16(12-7-9-15(24)10-8-12)19(23(29)30-2)21(31-11)25-20(26)17-13-3-5-14(6-4-13)18(17)22(27)28/h3,5,7-10,13-14,17-18H,4,6H2,1-2H3,(H,25,26)(H,27,28)/t13-,14-,17-,18+/m0/s1. The Labute approximate surface area is 182 Å². The first-order valence-electron chi connectivity index (χ1n) is 10.0. The number of carboxylic acids is 1. The number of fused-ring (bicyclic) bond motifs is 2. The highest BCUT2D eigenvalue weighted by atomic mass is 32.1. The van der Waals surface area contributed by atoms with Crippen LogP contribution in [0, 0.1) is 36.4 Å². The fourth-order valence-electron chi connectivity index (χ4n) is 4.78. The molecular formula is C23H22FNO5S. The molecule has 1 amide bonds. The van der Waals surface area contributed by atoms with E-state index in [0.717, 1.165) is 17.7 Å². The van der Waals surface area contributed by atoms with Gasteiger partial charge in [0.1, 0.15) is 16.4 Å². The predicted molar refractivity (Wildman–Crippen MR) is 114 cm³/mol. The normalized spacial score (nSPS) is 24.1. The Morgan fingerprint density at radius 1 is 1.10 bits per heavy atom. The molecule has 31 heavy (non-hydrogen) atoms. The number of nitrogens with one attached hydrogen (secondary N) is 1. The number of halogens is 1. The lowest BCUT2D eigenvalue weighted by molar-refractivity contribution is -0.151. The number of allylic oxidation sites excluding steroid dienone is 2.